The Labute approximate surface area is 91.7 Å². The summed E-state index contributed by atoms with van der Waals surface area (Å²) in [6.45, 7) is 0. The summed E-state index contributed by atoms with van der Waals surface area (Å²) in [4.78, 5) is 0. The molecule has 3 aliphatic rings. The molecule has 5 atom stereocenters. The van der Waals surface area contributed by atoms with Crippen LogP contribution in [0.25, 0.3) is 0 Å². The summed E-state index contributed by atoms with van der Waals surface area (Å²) >= 11 is 0. The van der Waals surface area contributed by atoms with Gasteiger partial charge in [0.05, 0.1) is 0 Å². The van der Waals surface area contributed by atoms with Crippen molar-refractivity contribution in [3.05, 3.63) is 35.9 Å². The van der Waals surface area contributed by atoms with Gasteiger partial charge >= 0.3 is 0 Å². The van der Waals surface area contributed by atoms with Crippen LogP contribution in [0.5, 0.6) is 0 Å². The van der Waals surface area contributed by atoms with Crippen LogP contribution in [0.4, 0.5) is 0 Å². The second-order valence-electron chi connectivity index (χ2n) is 5.82. The van der Waals surface area contributed by atoms with E-state index in [-0.39, 0.29) is 0 Å². The van der Waals surface area contributed by atoms with Crippen molar-refractivity contribution < 1.29 is 0 Å². The molecule has 15 heavy (non-hydrogen) atoms. The minimum atomic E-state index is 0.903. The lowest BCUT2D eigenvalue weighted by Crippen LogP contribution is -2.20. The highest BCUT2D eigenvalue weighted by molar-refractivity contribution is 5.24. The van der Waals surface area contributed by atoms with E-state index in [4.69, 9.17) is 0 Å². The van der Waals surface area contributed by atoms with Crippen LogP contribution in [0.3, 0.4) is 0 Å². The Balaban J connectivity index is 1.68. The van der Waals surface area contributed by atoms with Crippen LogP contribution in [0.1, 0.15) is 37.2 Å². The Morgan fingerprint density at radius 3 is 2.47 bits per heavy atom. The third kappa shape index (κ3) is 1.14. The van der Waals surface area contributed by atoms with Crippen molar-refractivity contribution in [1.29, 1.82) is 0 Å². The molecule has 0 heterocycles. The van der Waals surface area contributed by atoms with Crippen LogP contribution in [0.15, 0.2) is 30.3 Å². The molecule has 3 saturated carbocycles. The molecule has 1 aromatic rings. The molecule has 0 aliphatic heterocycles. The summed E-state index contributed by atoms with van der Waals surface area (Å²) in [6.07, 6.45) is 6.11. The maximum Gasteiger partial charge on any atom is -0.0131 e. The molecule has 2 bridgehead atoms. The first-order chi connectivity index (χ1) is 7.43. The number of fused-ring (bicyclic) bond motifs is 2. The standard InChI is InChI=1S/C15H18/c1-2-4-10(5-3-1)13-9-15-12-7-6-11(13)8-14(12)15/h1-5,11-15H,6-9H2/t11-,12+,13+,14?,15?/m1/s1. The SMILES string of the molecule is c1ccc([C@@H]2CC3C4C[C@H]2CC[C@@H]43)cc1. The van der Waals surface area contributed by atoms with Gasteiger partial charge in [-0.15, -0.1) is 0 Å². The maximum absolute atomic E-state index is 2.35. The predicted octanol–water partition coefficient (Wildman–Crippen LogP) is 3.84. The Kier molecular flexibility index (Phi) is 1.60. The number of hydrogen-bond donors (Lipinski definition) is 0. The quantitative estimate of drug-likeness (QED) is 0.643. The Bertz CT molecular complexity index is 363. The minimum Gasteiger partial charge on any atom is -0.0622 e. The highest BCUT2D eigenvalue weighted by Crippen LogP contribution is 2.66. The molecule has 3 aliphatic carbocycles. The zero-order valence-electron chi connectivity index (χ0n) is 9.10. The van der Waals surface area contributed by atoms with Gasteiger partial charge in [-0.1, -0.05) is 30.3 Å². The first-order valence-corrected chi connectivity index (χ1v) is 6.48. The molecule has 1 aromatic carbocycles. The smallest absolute Gasteiger partial charge is 0.0131 e. The van der Waals surface area contributed by atoms with Gasteiger partial charge in [-0.25, -0.2) is 0 Å². The van der Waals surface area contributed by atoms with Crippen LogP contribution in [-0.2, 0) is 0 Å². The lowest BCUT2D eigenvalue weighted by molar-refractivity contribution is 0.263. The van der Waals surface area contributed by atoms with Crippen molar-refractivity contribution in [3.8, 4) is 0 Å². The van der Waals surface area contributed by atoms with E-state index < -0.39 is 0 Å². The molecule has 2 unspecified atom stereocenters. The zero-order valence-corrected chi connectivity index (χ0v) is 9.10. The highest BCUT2D eigenvalue weighted by Gasteiger charge is 2.57. The van der Waals surface area contributed by atoms with Crippen LogP contribution < -0.4 is 0 Å². The van der Waals surface area contributed by atoms with Crippen molar-refractivity contribution in [1.82, 2.24) is 0 Å². The van der Waals surface area contributed by atoms with E-state index >= 15 is 0 Å². The summed E-state index contributed by atoms with van der Waals surface area (Å²) in [6, 6.07) is 11.3. The van der Waals surface area contributed by atoms with E-state index in [0.29, 0.717) is 0 Å². The summed E-state index contributed by atoms with van der Waals surface area (Å²) in [5.74, 6) is 5.35. The average Bonchev–Trinajstić information content (AvgIpc) is 3.05. The molecule has 0 saturated heterocycles. The lowest BCUT2D eigenvalue weighted by atomic mass is 9.73. The highest BCUT2D eigenvalue weighted by atomic mass is 14.6. The minimum absolute atomic E-state index is 0.903. The molecule has 4 rings (SSSR count). The van der Waals surface area contributed by atoms with Crippen LogP contribution in [0, 0.1) is 23.7 Å². The summed E-state index contributed by atoms with van der Waals surface area (Å²) in [7, 11) is 0. The largest absolute Gasteiger partial charge is 0.0622 e. The summed E-state index contributed by atoms with van der Waals surface area (Å²) < 4.78 is 0. The van der Waals surface area contributed by atoms with Gasteiger partial charge in [-0.05, 0) is 60.8 Å². The predicted molar refractivity (Wildman–Crippen MR) is 61.6 cm³/mol. The monoisotopic (exact) mass is 198 g/mol. The molecule has 78 valence electrons. The van der Waals surface area contributed by atoms with Gasteiger partial charge in [-0.2, -0.15) is 0 Å². The van der Waals surface area contributed by atoms with Crippen molar-refractivity contribution in [2.24, 2.45) is 23.7 Å². The van der Waals surface area contributed by atoms with E-state index in [2.05, 4.69) is 30.3 Å². The van der Waals surface area contributed by atoms with E-state index in [0.717, 1.165) is 29.6 Å². The van der Waals surface area contributed by atoms with Gasteiger partial charge in [0.25, 0.3) is 0 Å². The molecule has 0 heteroatoms. The Hall–Kier alpha value is -0.780. The molecule has 0 radical (unpaired) electrons. The molecule has 0 N–H and O–H groups in total. The van der Waals surface area contributed by atoms with Crippen molar-refractivity contribution in [3.63, 3.8) is 0 Å². The Morgan fingerprint density at radius 2 is 1.60 bits per heavy atom. The molecule has 0 amide bonds. The third-order valence-corrected chi connectivity index (χ3v) is 5.28. The zero-order chi connectivity index (χ0) is 9.83. The molecular weight excluding hydrogens is 180 g/mol. The van der Waals surface area contributed by atoms with Crippen molar-refractivity contribution in [2.75, 3.05) is 0 Å². The van der Waals surface area contributed by atoms with Crippen LogP contribution >= 0.6 is 0 Å². The Morgan fingerprint density at radius 1 is 0.800 bits per heavy atom. The number of benzene rings is 1. The van der Waals surface area contributed by atoms with E-state index in [1.54, 1.807) is 18.4 Å². The molecule has 0 nitrogen and oxygen atoms in total. The molecule has 0 aromatic heterocycles. The average molecular weight is 198 g/mol. The van der Waals surface area contributed by atoms with Crippen LogP contribution in [-0.4, -0.2) is 0 Å². The number of hydrogen-bond acceptors (Lipinski definition) is 0. The molecular formula is C15H18. The fourth-order valence-corrected chi connectivity index (χ4v) is 4.49. The van der Waals surface area contributed by atoms with Crippen molar-refractivity contribution >= 4 is 0 Å². The van der Waals surface area contributed by atoms with E-state index in [1.165, 1.54) is 12.8 Å². The molecule has 0 spiro atoms. The fourth-order valence-electron chi connectivity index (χ4n) is 4.49. The second-order valence-corrected chi connectivity index (χ2v) is 5.82. The van der Waals surface area contributed by atoms with Gasteiger partial charge in [0.15, 0.2) is 0 Å². The molecule has 3 fully saturated rings. The van der Waals surface area contributed by atoms with Crippen molar-refractivity contribution in [2.45, 2.75) is 31.6 Å². The van der Waals surface area contributed by atoms with Gasteiger partial charge in [-0.3, -0.25) is 0 Å². The lowest BCUT2D eigenvalue weighted by Gasteiger charge is -2.32. The summed E-state index contributed by atoms with van der Waals surface area (Å²) in [5.41, 5.74) is 1.62. The number of rotatable bonds is 1. The maximum atomic E-state index is 2.35. The summed E-state index contributed by atoms with van der Waals surface area (Å²) in [5, 5.41) is 0. The third-order valence-electron chi connectivity index (χ3n) is 5.28. The van der Waals surface area contributed by atoms with Gasteiger partial charge in [0, 0.05) is 0 Å². The van der Waals surface area contributed by atoms with Gasteiger partial charge in [0.2, 0.25) is 0 Å². The van der Waals surface area contributed by atoms with Crippen LogP contribution in [0.2, 0.25) is 0 Å². The van der Waals surface area contributed by atoms with E-state index in [1.807, 2.05) is 0 Å². The second kappa shape index (κ2) is 2.87. The normalized spacial score (nSPS) is 46.3. The first kappa shape index (κ1) is 8.38. The van der Waals surface area contributed by atoms with Gasteiger partial charge in [0.1, 0.15) is 0 Å². The fraction of sp³-hybridized carbons (Fsp3) is 0.600. The topological polar surface area (TPSA) is 0 Å². The van der Waals surface area contributed by atoms with Gasteiger partial charge < -0.3 is 0 Å². The van der Waals surface area contributed by atoms with E-state index in [9.17, 15) is 0 Å². The first-order valence-electron chi connectivity index (χ1n) is 6.48.